The molecular weight excluding hydrogens is 418 g/mol. The number of nitrogens with one attached hydrogen (secondary N) is 2. The molecule has 170 valence electrons. The molecule has 8 nitrogen and oxygen atoms in total. The predicted molar refractivity (Wildman–Crippen MR) is 119 cm³/mol. The van der Waals surface area contributed by atoms with E-state index in [9.17, 15) is 13.2 Å². The van der Waals surface area contributed by atoms with Crippen molar-refractivity contribution >= 4 is 27.3 Å². The van der Waals surface area contributed by atoms with Crippen LogP contribution in [-0.2, 0) is 24.3 Å². The van der Waals surface area contributed by atoms with E-state index in [1.54, 1.807) is 18.2 Å². The summed E-state index contributed by atoms with van der Waals surface area (Å²) < 4.78 is 38.6. The van der Waals surface area contributed by atoms with Gasteiger partial charge in [0.05, 0.1) is 35.6 Å². The summed E-state index contributed by atoms with van der Waals surface area (Å²) in [6.45, 7) is 2.82. The van der Waals surface area contributed by atoms with Crippen molar-refractivity contribution in [1.82, 2.24) is 4.31 Å². The van der Waals surface area contributed by atoms with E-state index in [0.29, 0.717) is 50.6 Å². The summed E-state index contributed by atoms with van der Waals surface area (Å²) in [6, 6.07) is 4.90. The number of carbonyl (C=O) groups excluding carboxylic acids is 1. The van der Waals surface area contributed by atoms with Gasteiger partial charge in [-0.05, 0) is 50.3 Å². The maximum atomic E-state index is 13.1. The van der Waals surface area contributed by atoms with E-state index in [0.717, 1.165) is 32.3 Å². The second-order valence-electron chi connectivity index (χ2n) is 8.21. The monoisotopic (exact) mass is 449 g/mol. The van der Waals surface area contributed by atoms with Crippen molar-refractivity contribution in [3.05, 3.63) is 30.4 Å². The van der Waals surface area contributed by atoms with E-state index < -0.39 is 10.0 Å². The number of morpholine rings is 1. The fourth-order valence-corrected chi connectivity index (χ4v) is 5.61. The molecule has 1 aromatic rings. The molecular formula is C22H31N3O5S. The van der Waals surface area contributed by atoms with Crippen LogP contribution in [0.3, 0.4) is 0 Å². The molecule has 0 unspecified atom stereocenters. The molecule has 0 radical (unpaired) electrons. The van der Waals surface area contributed by atoms with Gasteiger partial charge in [-0.2, -0.15) is 4.31 Å². The molecule has 0 aromatic heterocycles. The third kappa shape index (κ3) is 5.46. The van der Waals surface area contributed by atoms with E-state index in [1.165, 1.54) is 4.31 Å². The highest BCUT2D eigenvalue weighted by molar-refractivity contribution is 7.89. The topological polar surface area (TPSA) is 97.0 Å². The molecule has 0 bridgehead atoms. The molecule has 1 aromatic carbocycles. The van der Waals surface area contributed by atoms with Crippen molar-refractivity contribution in [3.8, 4) is 0 Å². The van der Waals surface area contributed by atoms with Crippen LogP contribution in [0.5, 0.6) is 0 Å². The molecule has 4 rings (SSSR count). The molecule has 1 amide bonds. The molecule has 2 N–H and O–H groups in total. The lowest BCUT2D eigenvalue weighted by atomic mass is 9.93. The van der Waals surface area contributed by atoms with Gasteiger partial charge in [0.15, 0.2) is 0 Å². The van der Waals surface area contributed by atoms with Crippen LogP contribution in [0.25, 0.3) is 0 Å². The summed E-state index contributed by atoms with van der Waals surface area (Å²) in [5.41, 5.74) is 1.20. The Morgan fingerprint density at radius 2 is 1.94 bits per heavy atom. The lowest BCUT2D eigenvalue weighted by molar-refractivity contribution is -0.120. The Morgan fingerprint density at radius 1 is 1.10 bits per heavy atom. The van der Waals surface area contributed by atoms with Crippen molar-refractivity contribution in [2.24, 2.45) is 5.92 Å². The van der Waals surface area contributed by atoms with Gasteiger partial charge in [-0.3, -0.25) is 4.79 Å². The van der Waals surface area contributed by atoms with Gasteiger partial charge in [0.25, 0.3) is 0 Å². The Kier molecular flexibility index (Phi) is 7.27. The first-order valence-corrected chi connectivity index (χ1v) is 12.5. The maximum Gasteiger partial charge on any atom is 0.243 e. The predicted octanol–water partition coefficient (Wildman–Crippen LogP) is 2.59. The Bertz CT molecular complexity index is 906. The fourth-order valence-electron chi connectivity index (χ4n) is 4.17. The van der Waals surface area contributed by atoms with Crippen molar-refractivity contribution in [3.63, 3.8) is 0 Å². The number of hydrogen-bond donors (Lipinski definition) is 2. The van der Waals surface area contributed by atoms with Crippen LogP contribution < -0.4 is 10.6 Å². The smallest absolute Gasteiger partial charge is 0.243 e. The standard InChI is InChI=1S/C22H31N3O5S/c26-22(17-5-2-1-3-6-17)24-21-15-19(31(27,28)25-10-13-29-14-11-25)8-9-20(21)23-16-18-7-4-12-30-18/h1-2,8-9,15,17-18,23H,3-7,10-14,16H2,(H,24,26)/t17-,18+/m1/s1. The minimum Gasteiger partial charge on any atom is -0.381 e. The van der Waals surface area contributed by atoms with Gasteiger partial charge in [-0.15, -0.1) is 0 Å². The van der Waals surface area contributed by atoms with Crippen LogP contribution in [0.4, 0.5) is 11.4 Å². The number of sulfonamides is 1. The molecule has 3 aliphatic rings. The average Bonchev–Trinajstić information content (AvgIpc) is 3.33. The summed E-state index contributed by atoms with van der Waals surface area (Å²) >= 11 is 0. The molecule has 2 atom stereocenters. The lowest BCUT2D eigenvalue weighted by Gasteiger charge is -2.26. The second-order valence-corrected chi connectivity index (χ2v) is 10.1. The van der Waals surface area contributed by atoms with E-state index in [2.05, 4.69) is 16.7 Å². The van der Waals surface area contributed by atoms with Crippen LogP contribution in [0, 0.1) is 5.92 Å². The van der Waals surface area contributed by atoms with Gasteiger partial charge in [0.1, 0.15) is 0 Å². The van der Waals surface area contributed by atoms with Crippen LogP contribution >= 0.6 is 0 Å². The molecule has 2 heterocycles. The quantitative estimate of drug-likeness (QED) is 0.621. The normalized spacial score (nSPS) is 24.8. The summed E-state index contributed by atoms with van der Waals surface area (Å²) in [7, 11) is -3.65. The zero-order valence-electron chi connectivity index (χ0n) is 17.7. The summed E-state index contributed by atoms with van der Waals surface area (Å²) in [5, 5.41) is 6.33. The van der Waals surface area contributed by atoms with E-state index in [1.807, 2.05) is 6.08 Å². The zero-order chi connectivity index (χ0) is 21.7. The second kappa shape index (κ2) is 10.1. The number of rotatable bonds is 7. The SMILES string of the molecule is O=C(Nc1cc(S(=O)(=O)N2CCOCC2)ccc1NC[C@@H]1CCCO1)[C@@H]1CC=CCC1. The molecule has 2 aliphatic heterocycles. The highest BCUT2D eigenvalue weighted by Gasteiger charge is 2.28. The molecule has 0 saturated carbocycles. The van der Waals surface area contributed by atoms with Crippen molar-refractivity contribution in [2.45, 2.75) is 43.1 Å². The zero-order valence-corrected chi connectivity index (χ0v) is 18.5. The van der Waals surface area contributed by atoms with Gasteiger partial charge < -0.3 is 20.1 Å². The average molecular weight is 450 g/mol. The number of amides is 1. The molecule has 1 aliphatic carbocycles. The van der Waals surface area contributed by atoms with E-state index >= 15 is 0 Å². The number of nitrogens with zero attached hydrogens (tertiary/aromatic N) is 1. The molecule has 9 heteroatoms. The minimum absolute atomic E-state index is 0.0783. The number of allylic oxidation sites excluding steroid dienone is 2. The Balaban J connectivity index is 1.56. The Morgan fingerprint density at radius 3 is 2.65 bits per heavy atom. The van der Waals surface area contributed by atoms with Crippen LogP contribution in [0.15, 0.2) is 35.2 Å². The fraction of sp³-hybridized carbons (Fsp3) is 0.591. The first-order chi connectivity index (χ1) is 15.0. The molecule has 2 saturated heterocycles. The third-order valence-electron chi connectivity index (χ3n) is 6.04. The van der Waals surface area contributed by atoms with Gasteiger partial charge in [-0.25, -0.2) is 8.42 Å². The lowest BCUT2D eigenvalue weighted by Crippen LogP contribution is -2.40. The molecule has 2 fully saturated rings. The Hall–Kier alpha value is -1.94. The maximum absolute atomic E-state index is 13.1. The number of carbonyl (C=O) groups is 1. The van der Waals surface area contributed by atoms with E-state index in [4.69, 9.17) is 9.47 Å². The van der Waals surface area contributed by atoms with Crippen molar-refractivity contribution < 1.29 is 22.7 Å². The van der Waals surface area contributed by atoms with Gasteiger partial charge in [0.2, 0.25) is 15.9 Å². The highest BCUT2D eigenvalue weighted by atomic mass is 32.2. The number of hydrogen-bond acceptors (Lipinski definition) is 6. The molecule has 31 heavy (non-hydrogen) atoms. The number of benzene rings is 1. The van der Waals surface area contributed by atoms with Crippen LogP contribution in [-0.4, -0.2) is 64.2 Å². The number of anilines is 2. The minimum atomic E-state index is -3.65. The first-order valence-electron chi connectivity index (χ1n) is 11.1. The van der Waals surface area contributed by atoms with Crippen LogP contribution in [0.1, 0.15) is 32.1 Å². The van der Waals surface area contributed by atoms with E-state index in [-0.39, 0.29) is 22.8 Å². The largest absolute Gasteiger partial charge is 0.381 e. The highest BCUT2D eigenvalue weighted by Crippen LogP contribution is 2.30. The summed E-state index contributed by atoms with van der Waals surface area (Å²) in [5.74, 6) is -0.180. The van der Waals surface area contributed by atoms with Gasteiger partial charge in [0, 0.05) is 32.2 Å². The van der Waals surface area contributed by atoms with Gasteiger partial charge >= 0.3 is 0 Å². The third-order valence-corrected chi connectivity index (χ3v) is 7.94. The first kappa shape index (κ1) is 22.3. The van der Waals surface area contributed by atoms with Gasteiger partial charge in [-0.1, -0.05) is 12.2 Å². The molecule has 0 spiro atoms. The summed E-state index contributed by atoms with van der Waals surface area (Å²) in [4.78, 5) is 13.0. The summed E-state index contributed by atoms with van der Waals surface area (Å²) in [6.07, 6.45) is 8.67. The van der Waals surface area contributed by atoms with Crippen molar-refractivity contribution in [2.75, 3.05) is 50.1 Å². The Labute approximate surface area is 184 Å². The van der Waals surface area contributed by atoms with Crippen LogP contribution in [0.2, 0.25) is 0 Å². The number of ether oxygens (including phenoxy) is 2. The van der Waals surface area contributed by atoms with Crippen molar-refractivity contribution in [1.29, 1.82) is 0 Å².